The molecule has 6 nitrogen and oxygen atoms in total. The molecule has 1 aromatic heterocycles. The SMILES string of the molecule is Cc1c(C(=O)CN2CCN(C)CC2)cc(-c2ccccc2)n1CC(=O)O. The summed E-state index contributed by atoms with van der Waals surface area (Å²) in [6.45, 7) is 5.72. The molecule has 0 atom stereocenters. The van der Waals surface area contributed by atoms with Gasteiger partial charge in [-0.3, -0.25) is 14.5 Å². The van der Waals surface area contributed by atoms with Gasteiger partial charge in [-0.2, -0.15) is 0 Å². The quantitative estimate of drug-likeness (QED) is 0.803. The van der Waals surface area contributed by atoms with Gasteiger partial charge in [0.1, 0.15) is 6.54 Å². The Balaban J connectivity index is 1.88. The van der Waals surface area contributed by atoms with E-state index in [1.165, 1.54) is 0 Å². The number of carboxylic acid groups (broad SMARTS) is 1. The molecule has 3 rings (SSSR count). The Morgan fingerprint density at radius 3 is 2.31 bits per heavy atom. The van der Waals surface area contributed by atoms with E-state index in [1.807, 2.05) is 43.3 Å². The van der Waals surface area contributed by atoms with Crippen molar-refractivity contribution < 1.29 is 14.7 Å². The molecule has 26 heavy (non-hydrogen) atoms. The number of hydrogen-bond donors (Lipinski definition) is 1. The molecule has 138 valence electrons. The lowest BCUT2D eigenvalue weighted by atomic mass is 10.1. The van der Waals surface area contributed by atoms with Gasteiger partial charge >= 0.3 is 5.97 Å². The summed E-state index contributed by atoms with van der Waals surface area (Å²) in [5.74, 6) is -0.868. The van der Waals surface area contributed by atoms with E-state index in [4.69, 9.17) is 0 Å². The van der Waals surface area contributed by atoms with Gasteiger partial charge in [0.25, 0.3) is 0 Å². The molecule has 1 aliphatic heterocycles. The van der Waals surface area contributed by atoms with E-state index in [0.29, 0.717) is 17.8 Å². The zero-order chi connectivity index (χ0) is 18.7. The van der Waals surface area contributed by atoms with Crippen LogP contribution in [0, 0.1) is 6.92 Å². The van der Waals surface area contributed by atoms with Crippen LogP contribution in [0.4, 0.5) is 0 Å². The number of aliphatic carboxylic acids is 1. The maximum atomic E-state index is 12.9. The molecule has 1 saturated heterocycles. The molecule has 0 aliphatic carbocycles. The monoisotopic (exact) mass is 355 g/mol. The Kier molecular flexibility index (Phi) is 5.54. The van der Waals surface area contributed by atoms with Crippen LogP contribution in [0.25, 0.3) is 11.3 Å². The first-order chi connectivity index (χ1) is 12.5. The van der Waals surface area contributed by atoms with Crippen molar-refractivity contribution in [2.45, 2.75) is 13.5 Å². The number of ketones is 1. The third-order valence-electron chi connectivity index (χ3n) is 4.99. The molecule has 0 spiro atoms. The van der Waals surface area contributed by atoms with Gasteiger partial charge in [-0.25, -0.2) is 0 Å². The van der Waals surface area contributed by atoms with Crippen LogP contribution < -0.4 is 0 Å². The van der Waals surface area contributed by atoms with Crippen LogP contribution in [0.1, 0.15) is 16.1 Å². The fourth-order valence-electron chi connectivity index (χ4n) is 3.41. The molecular formula is C20H25N3O3. The van der Waals surface area contributed by atoms with Gasteiger partial charge in [0.2, 0.25) is 0 Å². The Labute approximate surface area is 153 Å². The van der Waals surface area contributed by atoms with E-state index in [-0.39, 0.29) is 12.3 Å². The van der Waals surface area contributed by atoms with E-state index < -0.39 is 5.97 Å². The number of aromatic nitrogens is 1. The van der Waals surface area contributed by atoms with Crippen molar-refractivity contribution in [2.75, 3.05) is 39.8 Å². The molecule has 1 aliphatic rings. The van der Waals surface area contributed by atoms with Crippen molar-refractivity contribution >= 4 is 11.8 Å². The summed E-state index contributed by atoms with van der Waals surface area (Å²) in [5.41, 5.74) is 3.01. The summed E-state index contributed by atoms with van der Waals surface area (Å²) in [5, 5.41) is 9.28. The average molecular weight is 355 g/mol. The van der Waals surface area contributed by atoms with Crippen molar-refractivity contribution in [1.82, 2.24) is 14.4 Å². The number of carboxylic acids is 1. The Bertz CT molecular complexity index is 790. The molecule has 2 aromatic rings. The maximum absolute atomic E-state index is 12.9. The first-order valence-electron chi connectivity index (χ1n) is 8.87. The highest BCUT2D eigenvalue weighted by atomic mass is 16.4. The average Bonchev–Trinajstić information content (AvgIpc) is 2.94. The minimum absolute atomic E-state index is 0.0494. The standard InChI is InChI=1S/C20H25N3O3/c1-15-17(19(24)13-22-10-8-21(2)9-11-22)12-18(23(15)14-20(25)26)16-6-4-3-5-7-16/h3-7,12H,8-11,13-14H2,1-2H3,(H,25,26). The number of carbonyl (C=O) groups excluding carboxylic acids is 1. The van der Waals surface area contributed by atoms with Gasteiger partial charge in [0.05, 0.1) is 6.54 Å². The Morgan fingerprint density at radius 1 is 1.04 bits per heavy atom. The number of Topliss-reactive ketones (excluding diaryl/α,β-unsaturated/α-hetero) is 1. The van der Waals surface area contributed by atoms with Gasteiger partial charge in [-0.1, -0.05) is 30.3 Å². The summed E-state index contributed by atoms with van der Waals surface area (Å²) in [6, 6.07) is 11.4. The fraction of sp³-hybridized carbons (Fsp3) is 0.400. The first kappa shape index (κ1) is 18.4. The Morgan fingerprint density at radius 2 is 1.69 bits per heavy atom. The molecule has 2 heterocycles. The van der Waals surface area contributed by atoms with Crippen molar-refractivity contribution in [2.24, 2.45) is 0 Å². The number of rotatable bonds is 6. The summed E-state index contributed by atoms with van der Waals surface area (Å²) in [7, 11) is 2.08. The van der Waals surface area contributed by atoms with Crippen LogP contribution in [0.3, 0.4) is 0 Å². The van der Waals surface area contributed by atoms with E-state index in [1.54, 1.807) is 4.57 Å². The van der Waals surface area contributed by atoms with E-state index in [0.717, 1.165) is 37.4 Å². The lowest BCUT2D eigenvalue weighted by Gasteiger charge is -2.31. The van der Waals surface area contributed by atoms with Crippen LogP contribution in [0.2, 0.25) is 0 Å². The lowest BCUT2D eigenvalue weighted by molar-refractivity contribution is -0.137. The van der Waals surface area contributed by atoms with Crippen LogP contribution in [0.5, 0.6) is 0 Å². The zero-order valence-corrected chi connectivity index (χ0v) is 15.3. The van der Waals surface area contributed by atoms with Crippen molar-refractivity contribution in [3.8, 4) is 11.3 Å². The lowest BCUT2D eigenvalue weighted by Crippen LogP contribution is -2.46. The Hall–Kier alpha value is -2.44. The van der Waals surface area contributed by atoms with Crippen LogP contribution >= 0.6 is 0 Å². The number of benzene rings is 1. The molecule has 0 radical (unpaired) electrons. The van der Waals surface area contributed by atoms with Gasteiger partial charge in [-0.05, 0) is 25.6 Å². The second-order valence-corrected chi connectivity index (χ2v) is 6.88. The van der Waals surface area contributed by atoms with Crippen molar-refractivity contribution in [3.05, 3.63) is 47.7 Å². The predicted molar refractivity (Wildman–Crippen MR) is 101 cm³/mol. The highest BCUT2D eigenvalue weighted by molar-refractivity contribution is 6.00. The summed E-state index contributed by atoms with van der Waals surface area (Å²) in [4.78, 5) is 28.6. The zero-order valence-electron chi connectivity index (χ0n) is 15.3. The van der Waals surface area contributed by atoms with Gasteiger partial charge in [0, 0.05) is 43.1 Å². The fourth-order valence-corrected chi connectivity index (χ4v) is 3.41. The number of likely N-dealkylation sites (N-methyl/N-ethyl adjacent to an activating group) is 1. The second-order valence-electron chi connectivity index (χ2n) is 6.88. The summed E-state index contributed by atoms with van der Waals surface area (Å²) in [6.07, 6.45) is 0. The van der Waals surface area contributed by atoms with E-state index in [9.17, 15) is 14.7 Å². The van der Waals surface area contributed by atoms with Gasteiger partial charge in [-0.15, -0.1) is 0 Å². The van der Waals surface area contributed by atoms with E-state index in [2.05, 4.69) is 16.8 Å². The third kappa shape index (κ3) is 4.03. The summed E-state index contributed by atoms with van der Waals surface area (Å²) < 4.78 is 1.72. The van der Waals surface area contributed by atoms with Crippen LogP contribution in [-0.2, 0) is 11.3 Å². The largest absolute Gasteiger partial charge is 0.480 e. The maximum Gasteiger partial charge on any atom is 0.323 e. The summed E-state index contributed by atoms with van der Waals surface area (Å²) >= 11 is 0. The number of piperazine rings is 1. The van der Waals surface area contributed by atoms with Crippen molar-refractivity contribution in [3.63, 3.8) is 0 Å². The molecule has 1 aromatic carbocycles. The van der Waals surface area contributed by atoms with Crippen LogP contribution in [0.15, 0.2) is 36.4 Å². The molecule has 0 saturated carbocycles. The molecule has 1 N–H and O–H groups in total. The smallest absolute Gasteiger partial charge is 0.323 e. The van der Waals surface area contributed by atoms with Crippen LogP contribution in [-0.4, -0.2) is 71.0 Å². The topological polar surface area (TPSA) is 65.8 Å². The third-order valence-corrected chi connectivity index (χ3v) is 4.99. The molecule has 0 unspecified atom stereocenters. The molecule has 6 heteroatoms. The molecule has 0 bridgehead atoms. The number of nitrogens with zero attached hydrogens (tertiary/aromatic N) is 3. The predicted octanol–water partition coefficient (Wildman–Crippen LogP) is 1.98. The minimum Gasteiger partial charge on any atom is -0.480 e. The minimum atomic E-state index is -0.918. The molecule has 0 amide bonds. The van der Waals surface area contributed by atoms with Gasteiger partial charge < -0.3 is 14.6 Å². The first-order valence-corrected chi connectivity index (χ1v) is 8.87. The highest BCUT2D eigenvalue weighted by Gasteiger charge is 2.23. The normalized spacial score (nSPS) is 15.9. The number of hydrogen-bond acceptors (Lipinski definition) is 4. The molecular weight excluding hydrogens is 330 g/mol. The van der Waals surface area contributed by atoms with Crippen molar-refractivity contribution in [1.29, 1.82) is 0 Å². The van der Waals surface area contributed by atoms with E-state index >= 15 is 0 Å². The van der Waals surface area contributed by atoms with Gasteiger partial charge in [0.15, 0.2) is 5.78 Å². The second kappa shape index (κ2) is 7.85. The molecule has 1 fully saturated rings. The number of carbonyl (C=O) groups is 2. The highest BCUT2D eigenvalue weighted by Crippen LogP contribution is 2.26.